The first-order valence-electron chi connectivity index (χ1n) is 8.05. The van der Waals surface area contributed by atoms with Crippen molar-refractivity contribution in [3.8, 4) is 0 Å². The van der Waals surface area contributed by atoms with E-state index < -0.39 is 0 Å². The van der Waals surface area contributed by atoms with E-state index in [0.717, 1.165) is 36.4 Å². The fraction of sp³-hybridized carbons (Fsp3) is 0.333. The molecule has 1 aliphatic rings. The average Bonchev–Trinajstić information content (AvgIpc) is 3.12. The largest absolute Gasteiger partial charge is 0.350 e. The third-order valence-electron chi connectivity index (χ3n) is 4.62. The molecule has 1 atom stereocenters. The molecule has 0 radical (unpaired) electrons. The van der Waals surface area contributed by atoms with Crippen LogP contribution in [0, 0.1) is 6.92 Å². The molecular formula is C18H20N4O. The Hall–Kier alpha value is -2.56. The minimum absolute atomic E-state index is 0.0722. The second-order valence-electron chi connectivity index (χ2n) is 6.23. The van der Waals surface area contributed by atoms with Gasteiger partial charge in [-0.2, -0.15) is 0 Å². The highest BCUT2D eigenvalue weighted by Gasteiger charge is 2.20. The Labute approximate surface area is 134 Å². The molecule has 3 heterocycles. The highest BCUT2D eigenvalue weighted by atomic mass is 16.2. The van der Waals surface area contributed by atoms with Crippen LogP contribution in [0.2, 0.25) is 0 Å². The molecule has 1 N–H and O–H groups in total. The summed E-state index contributed by atoms with van der Waals surface area (Å²) in [5.41, 5.74) is 2.22. The van der Waals surface area contributed by atoms with Crippen LogP contribution in [0.4, 0.5) is 0 Å². The molecule has 0 unspecified atom stereocenters. The van der Waals surface area contributed by atoms with Crippen LogP contribution in [0.5, 0.6) is 0 Å². The van der Waals surface area contributed by atoms with E-state index in [9.17, 15) is 4.79 Å². The third kappa shape index (κ3) is 2.63. The Morgan fingerprint density at radius 3 is 3.17 bits per heavy atom. The Morgan fingerprint density at radius 1 is 1.39 bits per heavy atom. The van der Waals surface area contributed by atoms with E-state index in [4.69, 9.17) is 0 Å². The summed E-state index contributed by atoms with van der Waals surface area (Å²) in [5.74, 6) is 1.19. The van der Waals surface area contributed by atoms with E-state index in [1.54, 1.807) is 0 Å². The van der Waals surface area contributed by atoms with E-state index in [1.165, 1.54) is 5.39 Å². The Bertz CT molecular complexity index is 861. The van der Waals surface area contributed by atoms with Crippen molar-refractivity contribution in [1.29, 1.82) is 0 Å². The molecule has 3 aromatic rings. The summed E-state index contributed by atoms with van der Waals surface area (Å²) in [6.07, 6.45) is 5.68. The van der Waals surface area contributed by atoms with Crippen molar-refractivity contribution in [3.05, 3.63) is 54.2 Å². The number of nitrogens with one attached hydrogen (secondary N) is 1. The van der Waals surface area contributed by atoms with Crippen LogP contribution in [0.25, 0.3) is 10.9 Å². The van der Waals surface area contributed by atoms with Gasteiger partial charge in [0.25, 0.3) is 0 Å². The van der Waals surface area contributed by atoms with Crippen LogP contribution in [-0.4, -0.2) is 26.1 Å². The van der Waals surface area contributed by atoms with Gasteiger partial charge in [-0.05, 0) is 30.9 Å². The maximum atomic E-state index is 12.5. The molecule has 4 rings (SSSR count). The molecule has 5 heteroatoms. The first-order valence-corrected chi connectivity index (χ1v) is 8.05. The molecule has 0 saturated carbocycles. The zero-order chi connectivity index (χ0) is 15.8. The number of hydrogen-bond acceptors (Lipinski definition) is 2. The molecule has 0 bridgehead atoms. The normalized spacial score (nSPS) is 17.2. The highest BCUT2D eigenvalue weighted by Crippen LogP contribution is 2.19. The van der Waals surface area contributed by atoms with Crippen LogP contribution in [0.1, 0.15) is 17.9 Å². The van der Waals surface area contributed by atoms with Crippen LogP contribution < -0.4 is 5.32 Å². The van der Waals surface area contributed by atoms with Gasteiger partial charge in [0.2, 0.25) is 5.91 Å². The topological polar surface area (TPSA) is 51.9 Å². The Kier molecular flexibility index (Phi) is 3.41. The lowest BCUT2D eigenvalue weighted by Crippen LogP contribution is -2.42. The second-order valence-corrected chi connectivity index (χ2v) is 6.23. The molecule has 23 heavy (non-hydrogen) atoms. The van der Waals surface area contributed by atoms with E-state index in [2.05, 4.69) is 37.6 Å². The number of para-hydroxylation sites is 1. The zero-order valence-corrected chi connectivity index (χ0v) is 13.2. The number of aryl methyl sites for hydroxylation is 2. The summed E-state index contributed by atoms with van der Waals surface area (Å²) in [7, 11) is 0. The van der Waals surface area contributed by atoms with Crippen LogP contribution in [0.15, 0.2) is 42.7 Å². The quantitative estimate of drug-likeness (QED) is 0.807. The predicted molar refractivity (Wildman–Crippen MR) is 89.2 cm³/mol. The Balaban J connectivity index is 1.47. The first kappa shape index (κ1) is 14.1. The number of aromatic nitrogens is 3. The summed E-state index contributed by atoms with van der Waals surface area (Å²) < 4.78 is 4.21. The van der Waals surface area contributed by atoms with E-state index >= 15 is 0 Å². The van der Waals surface area contributed by atoms with Crippen molar-refractivity contribution in [2.75, 3.05) is 0 Å². The lowest BCUT2D eigenvalue weighted by Gasteiger charge is -2.25. The smallest absolute Gasteiger partial charge is 0.240 e. The Morgan fingerprint density at radius 2 is 2.26 bits per heavy atom. The van der Waals surface area contributed by atoms with Crippen LogP contribution in [0.3, 0.4) is 0 Å². The van der Waals surface area contributed by atoms with Gasteiger partial charge in [0.05, 0.1) is 0 Å². The molecule has 1 aromatic carbocycles. The number of rotatable bonds is 3. The molecular weight excluding hydrogens is 288 g/mol. The lowest BCUT2D eigenvalue weighted by molar-refractivity contribution is -0.122. The molecule has 0 spiro atoms. The van der Waals surface area contributed by atoms with Gasteiger partial charge in [0.15, 0.2) is 0 Å². The van der Waals surface area contributed by atoms with Gasteiger partial charge in [-0.25, -0.2) is 4.98 Å². The highest BCUT2D eigenvalue weighted by molar-refractivity contribution is 5.84. The minimum Gasteiger partial charge on any atom is -0.350 e. The van der Waals surface area contributed by atoms with Crippen LogP contribution >= 0.6 is 0 Å². The van der Waals surface area contributed by atoms with Crippen molar-refractivity contribution in [1.82, 2.24) is 19.4 Å². The fourth-order valence-electron chi connectivity index (χ4n) is 3.46. The molecule has 5 nitrogen and oxygen atoms in total. The molecule has 118 valence electrons. The summed E-state index contributed by atoms with van der Waals surface area (Å²) in [6.45, 7) is 3.23. The first-order chi connectivity index (χ1) is 11.2. The number of amides is 1. The minimum atomic E-state index is 0.0722. The fourth-order valence-corrected chi connectivity index (χ4v) is 3.46. The molecule has 0 fully saturated rings. The summed E-state index contributed by atoms with van der Waals surface area (Å²) in [4.78, 5) is 16.8. The third-order valence-corrected chi connectivity index (χ3v) is 4.62. The molecule has 2 aromatic heterocycles. The number of carbonyl (C=O) groups is 1. The van der Waals surface area contributed by atoms with Gasteiger partial charge in [-0.15, -0.1) is 0 Å². The number of imidazole rings is 1. The standard InChI is InChI=1S/C18H20N4O/c1-13-10-14-4-2-3-5-16(14)22(13)12-18(23)20-15-6-7-17-19-8-9-21(17)11-15/h2-5,8-10,15H,6-7,11-12H2,1H3,(H,20,23)/t15-/m1/s1. The van der Waals surface area contributed by atoms with Crippen molar-refractivity contribution < 1.29 is 4.79 Å². The number of nitrogens with zero attached hydrogens (tertiary/aromatic N) is 3. The molecule has 0 saturated heterocycles. The zero-order valence-electron chi connectivity index (χ0n) is 13.2. The maximum Gasteiger partial charge on any atom is 0.240 e. The van der Waals surface area contributed by atoms with Gasteiger partial charge in [-0.1, -0.05) is 18.2 Å². The van der Waals surface area contributed by atoms with Crippen molar-refractivity contribution in [2.24, 2.45) is 0 Å². The van der Waals surface area contributed by atoms with Gasteiger partial charge in [0.1, 0.15) is 12.4 Å². The number of hydrogen-bond donors (Lipinski definition) is 1. The summed E-state index contributed by atoms with van der Waals surface area (Å²) in [6, 6.07) is 10.5. The number of benzene rings is 1. The van der Waals surface area contributed by atoms with E-state index in [0.29, 0.717) is 6.54 Å². The van der Waals surface area contributed by atoms with E-state index in [-0.39, 0.29) is 11.9 Å². The molecule has 1 amide bonds. The van der Waals surface area contributed by atoms with E-state index in [1.807, 2.05) is 31.5 Å². The lowest BCUT2D eigenvalue weighted by atomic mass is 10.1. The SMILES string of the molecule is Cc1cc2ccccc2n1CC(=O)N[C@@H]1CCc2nccn2C1. The predicted octanol–water partition coefficient (Wildman–Crippen LogP) is 2.28. The molecule has 0 aliphatic carbocycles. The second kappa shape index (κ2) is 5.57. The van der Waals surface area contributed by atoms with Gasteiger partial charge in [0, 0.05) is 42.6 Å². The number of fused-ring (bicyclic) bond motifs is 2. The van der Waals surface area contributed by atoms with Crippen molar-refractivity contribution in [3.63, 3.8) is 0 Å². The van der Waals surface area contributed by atoms with Gasteiger partial charge in [-0.3, -0.25) is 4.79 Å². The maximum absolute atomic E-state index is 12.5. The van der Waals surface area contributed by atoms with Gasteiger partial charge >= 0.3 is 0 Å². The monoisotopic (exact) mass is 308 g/mol. The van der Waals surface area contributed by atoms with Crippen LogP contribution in [-0.2, 0) is 24.3 Å². The van der Waals surface area contributed by atoms with Gasteiger partial charge < -0.3 is 14.5 Å². The van der Waals surface area contributed by atoms with Crippen molar-refractivity contribution in [2.45, 2.75) is 38.9 Å². The number of carbonyl (C=O) groups excluding carboxylic acids is 1. The summed E-state index contributed by atoms with van der Waals surface area (Å²) >= 11 is 0. The summed E-state index contributed by atoms with van der Waals surface area (Å²) in [5, 5.41) is 4.35. The van der Waals surface area contributed by atoms with Crippen molar-refractivity contribution >= 4 is 16.8 Å². The molecule has 1 aliphatic heterocycles. The average molecular weight is 308 g/mol.